The Morgan fingerprint density at radius 1 is 0.362 bits per heavy atom. The van der Waals surface area contributed by atoms with Gasteiger partial charge in [-0.1, -0.05) is 74.5 Å². The number of aromatic nitrogens is 19. The van der Waals surface area contributed by atoms with E-state index in [4.69, 9.17) is 18.0 Å². The Kier molecular flexibility index (Phi) is 38.9. The van der Waals surface area contributed by atoms with E-state index in [2.05, 4.69) is 141 Å². The monoisotopic (exact) mass is 1730 g/mol. The molecule has 644 valence electrons. The van der Waals surface area contributed by atoms with Crippen LogP contribution in [-0.4, -0.2) is 101 Å². The van der Waals surface area contributed by atoms with Crippen molar-refractivity contribution in [3.05, 3.63) is 390 Å². The zero-order chi connectivity index (χ0) is 90.3. The zero-order valence-electron chi connectivity index (χ0n) is 73.6. The number of nitrogens with zero attached hydrogens (tertiary/aromatic N) is 18. The summed E-state index contributed by atoms with van der Waals surface area (Å²) in [5, 5.41) is 19.0. The van der Waals surface area contributed by atoms with Crippen LogP contribution in [0.15, 0.2) is 346 Å². The van der Waals surface area contributed by atoms with Crippen molar-refractivity contribution in [3.63, 3.8) is 0 Å². The van der Waals surface area contributed by atoms with E-state index < -0.39 is 0 Å². The van der Waals surface area contributed by atoms with Gasteiger partial charge in [0.2, 0.25) is 30.3 Å². The average molecular weight is 1730 g/mol. The summed E-state index contributed by atoms with van der Waals surface area (Å²) >= 11 is 3.41. The maximum absolute atomic E-state index is 5.26. The highest BCUT2D eigenvalue weighted by molar-refractivity contribution is 7.18. The normalized spacial score (nSPS) is 10.4. The number of benzene rings is 3. The van der Waals surface area contributed by atoms with Crippen molar-refractivity contribution in [2.45, 2.75) is 104 Å². The minimum atomic E-state index is 0.498. The van der Waals surface area contributed by atoms with Crippen molar-refractivity contribution in [2.24, 2.45) is 5.10 Å². The molecule has 0 radical (unpaired) electrons. The first kappa shape index (κ1) is 95.2. The molecule has 0 aliphatic carbocycles. The van der Waals surface area contributed by atoms with E-state index in [-0.39, 0.29) is 0 Å². The Morgan fingerprint density at radius 2 is 0.953 bits per heavy atom. The number of ether oxygens (including phenoxy) is 1. The van der Waals surface area contributed by atoms with Gasteiger partial charge in [0.25, 0.3) is 0 Å². The predicted molar refractivity (Wildman–Crippen MR) is 512 cm³/mol. The third-order valence-electron chi connectivity index (χ3n) is 16.7. The molecule has 3 aromatic carbocycles. The minimum Gasteiger partial charge on any atom is -0.463 e. The highest BCUT2D eigenvalue weighted by Gasteiger charge is 2.04. The lowest BCUT2D eigenvalue weighted by Crippen LogP contribution is -1.95. The van der Waals surface area contributed by atoms with Gasteiger partial charge in [-0.25, -0.2) is 50.3 Å². The first-order chi connectivity index (χ1) is 61.7. The highest BCUT2D eigenvalue weighted by Crippen LogP contribution is 2.21. The fourth-order valence-corrected chi connectivity index (χ4v) is 12.1. The number of rotatable bonds is 0. The van der Waals surface area contributed by atoms with Crippen molar-refractivity contribution in [1.29, 1.82) is 0 Å². The lowest BCUT2D eigenvalue weighted by molar-refractivity contribution is 0.416. The molecule has 26 nitrogen and oxygen atoms in total. The first-order valence-electron chi connectivity index (χ1n) is 40.3. The Balaban J connectivity index is 0.000000155. The number of nitrogens with one attached hydrogen (secondary N) is 3. The summed E-state index contributed by atoms with van der Waals surface area (Å²) in [4.78, 5) is 68.5. The second kappa shape index (κ2) is 51.9. The smallest absolute Gasteiger partial charge is 0.226 e. The topological polar surface area (TPSA) is 337 Å². The fraction of sp³-hybridized carbons (Fsp3) is 0.152. The molecule has 1 aliphatic rings. The maximum Gasteiger partial charge on any atom is 0.226 e. The van der Waals surface area contributed by atoms with E-state index in [0.717, 1.165) is 139 Å². The Bertz CT molecular complexity index is 6270. The third kappa shape index (κ3) is 33.9. The molecule has 22 aromatic rings. The molecule has 0 amide bonds. The van der Waals surface area contributed by atoms with Crippen molar-refractivity contribution < 1.29 is 22.4 Å². The largest absolute Gasteiger partial charge is 0.463 e. The molecule has 0 saturated heterocycles. The molecule has 0 fully saturated rings. The number of pyridine rings is 10. The maximum atomic E-state index is 5.26. The molecule has 28 heteroatoms. The number of hydrazone groups is 1. The number of hydrogen-bond donors (Lipinski definition) is 3. The number of aromatic amines is 2. The number of fused-ring (bicyclic) bond motifs is 9. The second-order valence-electron chi connectivity index (χ2n) is 27.1. The SMILES string of the molecule is C=C1NN=C(C)O1.CC.Cc1ccc2[nH]ccc2n1.Cc1ccc2cc[nH]c2n1.Cc1ccc2ccccc2n1.Cc1ccc2cccnc2n1.Cc1ccc2ccoc2n1.Cc1ccc2nccnc2n1.Cc1ccc2occc2n1.Cc1ccccn1.Cc1cccnc1.Cc1nc2ccccc2o1.Cc1nc2ccccc2s1.Cc1nccs1.c1nnco1. The predicted octanol–water partition coefficient (Wildman–Crippen LogP) is 24.3. The van der Waals surface area contributed by atoms with Crippen LogP contribution in [0.1, 0.15) is 87.8 Å². The lowest BCUT2D eigenvalue weighted by atomic mass is 10.2. The number of para-hydroxylation sites is 4. The van der Waals surface area contributed by atoms with Gasteiger partial charge in [-0.2, -0.15) is 0 Å². The molecular formula is C99H101N21O5S2. The molecule has 1 aliphatic heterocycles. The molecule has 3 N–H and O–H groups in total. The summed E-state index contributed by atoms with van der Waals surface area (Å²) in [7, 11) is 0. The summed E-state index contributed by atoms with van der Waals surface area (Å²) in [6.07, 6.45) is 21.9. The summed E-state index contributed by atoms with van der Waals surface area (Å²) in [6.45, 7) is 32.9. The van der Waals surface area contributed by atoms with Gasteiger partial charge in [0.1, 0.15) is 22.2 Å². The van der Waals surface area contributed by atoms with Crippen LogP contribution in [0.25, 0.3) is 98.7 Å². The summed E-state index contributed by atoms with van der Waals surface area (Å²) in [6, 6.07) is 73.5. The van der Waals surface area contributed by atoms with E-state index in [1.54, 1.807) is 79.3 Å². The van der Waals surface area contributed by atoms with E-state index >= 15 is 0 Å². The van der Waals surface area contributed by atoms with Gasteiger partial charge in [0.05, 0.1) is 49.3 Å². The van der Waals surface area contributed by atoms with Crippen molar-refractivity contribution in [1.82, 2.24) is 100 Å². The van der Waals surface area contributed by atoms with E-state index in [1.807, 2.05) is 321 Å². The highest BCUT2D eigenvalue weighted by atomic mass is 32.1. The fourth-order valence-electron chi connectivity index (χ4n) is 10.8. The van der Waals surface area contributed by atoms with Crippen LogP contribution in [0.3, 0.4) is 0 Å². The number of thiazole rings is 2. The number of furan rings is 2. The average Bonchev–Trinajstić information content (AvgIpc) is 1.72. The van der Waals surface area contributed by atoms with Gasteiger partial charge in [0, 0.05) is 148 Å². The minimum absolute atomic E-state index is 0.498. The molecule has 0 atom stereocenters. The van der Waals surface area contributed by atoms with Gasteiger partial charge in [-0.3, -0.25) is 29.9 Å². The van der Waals surface area contributed by atoms with Gasteiger partial charge >= 0.3 is 0 Å². The van der Waals surface area contributed by atoms with Crippen LogP contribution in [0, 0.1) is 83.1 Å². The number of aryl methyl sites for hydroxylation is 12. The van der Waals surface area contributed by atoms with Gasteiger partial charge in [-0.15, -0.1) is 38.0 Å². The van der Waals surface area contributed by atoms with E-state index in [9.17, 15) is 0 Å². The van der Waals surface area contributed by atoms with Gasteiger partial charge < -0.3 is 32.4 Å². The van der Waals surface area contributed by atoms with Crippen LogP contribution in [0.5, 0.6) is 0 Å². The molecule has 20 heterocycles. The molecule has 0 saturated carbocycles. The molecule has 0 bridgehead atoms. The standard InChI is InChI=1S/C10H9N.C9H8N2.C8H7N3.2C8H8N2.3C8H7NO.C8H7NS.2C6H7N.C4H6N2O.C4H5NS.C2H2N2O.C2H6/c1-8-6-7-9-4-2-3-5-10(9)11-8;1-7-4-5-8-3-2-6-10-9(8)11-7;1-6-2-3-7-8(11-6)10-5-4-9-7;1-6-2-3-7-8(10-6)4-5-9-7;1-6-2-3-7-4-5-9-8(7)10-6;1-6-2-3-8-7(9-6)4-5-10-8;1-6-2-3-7-4-5-10-8(7)9-6;2*1-6-9-7-4-2-3-5-8(7)10-6;1-6-3-2-4-7-5-6;1-6-4-2-3-5-7-6;1-3-5-6-4(2)7-3;1-4-5-2-3-6-4;1-3-4-2-5-1;1-2/h2-7H,1H3;2-6H,1H3;2-5H,1H3;2-5,9H,1H3;2-5H,1H3,(H,9,10);4*2-5H,1H3;2*2-5H,1H3;5H,1H2,2H3;2-3H,1H3;1-2H;1-2H3. The van der Waals surface area contributed by atoms with E-state index in [1.165, 1.54) is 33.8 Å². The number of H-pyrrole nitrogens is 2. The second-order valence-corrected chi connectivity index (χ2v) is 29.4. The zero-order valence-corrected chi connectivity index (χ0v) is 75.2. The summed E-state index contributed by atoms with van der Waals surface area (Å²) in [5.41, 5.74) is 24.0. The molecule has 23 rings (SSSR count). The van der Waals surface area contributed by atoms with Crippen molar-refractivity contribution >= 4 is 127 Å². The van der Waals surface area contributed by atoms with Crippen molar-refractivity contribution in [2.75, 3.05) is 0 Å². The van der Waals surface area contributed by atoms with E-state index in [0.29, 0.717) is 17.4 Å². The van der Waals surface area contributed by atoms with Crippen LogP contribution in [0.2, 0.25) is 0 Å². The Morgan fingerprint density at radius 3 is 1.59 bits per heavy atom. The number of oxazole rings is 1. The van der Waals surface area contributed by atoms with Gasteiger partial charge in [-0.05, 0) is 246 Å². The Hall–Kier alpha value is -15.7. The van der Waals surface area contributed by atoms with Crippen LogP contribution >= 0.6 is 22.7 Å². The Labute approximate surface area is 744 Å². The lowest BCUT2D eigenvalue weighted by Gasteiger charge is -1.95. The molecular weight excluding hydrogens is 1630 g/mol. The summed E-state index contributed by atoms with van der Waals surface area (Å²) < 4.78 is 25.9. The van der Waals surface area contributed by atoms with Gasteiger partial charge in [0.15, 0.2) is 28.4 Å². The molecule has 0 spiro atoms. The van der Waals surface area contributed by atoms with Crippen LogP contribution in [0.4, 0.5) is 0 Å². The first-order valence-corrected chi connectivity index (χ1v) is 42.0. The molecule has 19 aromatic heterocycles. The third-order valence-corrected chi connectivity index (χ3v) is 18.3. The number of hydrogen-bond acceptors (Lipinski definition) is 26. The van der Waals surface area contributed by atoms with Crippen LogP contribution < -0.4 is 5.43 Å². The van der Waals surface area contributed by atoms with Crippen LogP contribution in [-0.2, 0) is 4.74 Å². The summed E-state index contributed by atoms with van der Waals surface area (Å²) in [5.74, 6) is 1.84. The molecule has 0 unspecified atom stereocenters. The quantitative estimate of drug-likeness (QED) is 0.127. The molecule has 127 heavy (non-hydrogen) atoms. The van der Waals surface area contributed by atoms with Crippen molar-refractivity contribution in [3.8, 4) is 0 Å².